The Morgan fingerprint density at radius 1 is 1.28 bits per heavy atom. The number of hydrogen-bond acceptors (Lipinski definition) is 5. The van der Waals surface area contributed by atoms with E-state index in [-0.39, 0.29) is 16.3 Å². The van der Waals surface area contributed by atoms with E-state index < -0.39 is 35.2 Å². The van der Waals surface area contributed by atoms with Gasteiger partial charge in [-0.2, -0.15) is 0 Å². The molecule has 3 rings (SSSR count). The molecule has 1 fully saturated rings. The Kier molecular flexibility index (Phi) is 4.53. The van der Waals surface area contributed by atoms with E-state index in [9.17, 15) is 19.5 Å². The molecule has 132 valence electrons. The van der Waals surface area contributed by atoms with Crippen molar-refractivity contribution in [3.8, 4) is 0 Å². The highest BCUT2D eigenvalue weighted by Gasteiger charge is 2.49. The fourth-order valence-electron chi connectivity index (χ4n) is 3.43. The number of aliphatic hydroxyl groups excluding tert-OH is 1. The summed E-state index contributed by atoms with van der Waals surface area (Å²) in [5, 5.41) is 21.9. The normalized spacial score (nSPS) is 18.8. The van der Waals surface area contributed by atoms with E-state index in [1.807, 2.05) is 0 Å². The van der Waals surface area contributed by atoms with Crippen LogP contribution in [0, 0.1) is 0 Å². The lowest BCUT2D eigenvalue weighted by Gasteiger charge is -2.41. The molecule has 0 saturated carbocycles. The van der Waals surface area contributed by atoms with Gasteiger partial charge in [0, 0.05) is 18.8 Å². The molecule has 0 unspecified atom stereocenters. The van der Waals surface area contributed by atoms with E-state index in [0.29, 0.717) is 31.6 Å². The van der Waals surface area contributed by atoms with E-state index in [2.05, 4.69) is 5.32 Å². The summed E-state index contributed by atoms with van der Waals surface area (Å²) in [6.45, 7) is 0.0524. The Balaban J connectivity index is 2.16. The fraction of sp³-hybridized carbons (Fsp3) is 0.353. The summed E-state index contributed by atoms with van der Waals surface area (Å²) in [5.74, 6) is -3.24. The molecule has 8 heteroatoms. The third-order valence-corrected chi connectivity index (χ3v) is 4.96. The minimum Gasteiger partial charge on any atom is -0.510 e. The van der Waals surface area contributed by atoms with Gasteiger partial charge < -0.3 is 20.3 Å². The number of carboxylic acid groups (broad SMARTS) is 1. The molecule has 0 radical (unpaired) electrons. The standard InChI is InChI=1S/C17H16ClNO6/c18-10-3-1-2-9-12(10)14(22)13(16(24)19-8-11(20)21)15(23)17(9)4-6-25-7-5-17/h1-3,23H,4-8H2,(H,19,24)(H,20,21). The Labute approximate surface area is 148 Å². The second-order valence-corrected chi connectivity index (χ2v) is 6.39. The van der Waals surface area contributed by atoms with E-state index in [1.54, 1.807) is 18.2 Å². The van der Waals surface area contributed by atoms with Gasteiger partial charge in [0.2, 0.25) is 5.78 Å². The average Bonchev–Trinajstić information content (AvgIpc) is 2.59. The van der Waals surface area contributed by atoms with Crippen LogP contribution in [0.4, 0.5) is 0 Å². The number of aliphatic carboxylic acids is 1. The Morgan fingerprint density at radius 2 is 1.96 bits per heavy atom. The van der Waals surface area contributed by atoms with Crippen LogP contribution in [0.25, 0.3) is 0 Å². The Hall–Kier alpha value is -2.38. The van der Waals surface area contributed by atoms with E-state index >= 15 is 0 Å². The van der Waals surface area contributed by atoms with Crippen molar-refractivity contribution in [1.29, 1.82) is 0 Å². The predicted molar refractivity (Wildman–Crippen MR) is 87.8 cm³/mol. The highest BCUT2D eigenvalue weighted by Crippen LogP contribution is 2.48. The minimum absolute atomic E-state index is 0.171. The number of ketones is 1. The number of carbonyl (C=O) groups excluding carboxylic acids is 2. The molecule has 2 aliphatic rings. The summed E-state index contributed by atoms with van der Waals surface area (Å²) in [5.41, 5.74) is -0.656. The van der Waals surface area contributed by atoms with Crippen LogP contribution < -0.4 is 5.32 Å². The van der Waals surface area contributed by atoms with Gasteiger partial charge in [0.15, 0.2) is 0 Å². The molecule has 3 N–H and O–H groups in total. The molecule has 1 aromatic rings. The second-order valence-electron chi connectivity index (χ2n) is 5.99. The predicted octanol–water partition coefficient (Wildman–Crippen LogP) is 1.60. The topological polar surface area (TPSA) is 113 Å². The van der Waals surface area contributed by atoms with Crippen molar-refractivity contribution in [3.63, 3.8) is 0 Å². The van der Waals surface area contributed by atoms with Gasteiger partial charge in [0.25, 0.3) is 5.91 Å². The first-order chi connectivity index (χ1) is 11.9. The number of fused-ring (bicyclic) bond motifs is 2. The number of rotatable bonds is 3. The molecule has 1 amide bonds. The maximum atomic E-state index is 12.8. The van der Waals surface area contributed by atoms with Crippen LogP contribution in [-0.4, -0.2) is 47.6 Å². The molecule has 1 saturated heterocycles. The first-order valence-corrected chi connectivity index (χ1v) is 8.11. The molecule has 1 aliphatic heterocycles. The van der Waals surface area contributed by atoms with Gasteiger partial charge in [0.05, 0.1) is 10.4 Å². The monoisotopic (exact) mass is 365 g/mol. The molecular formula is C17H16ClNO6. The largest absolute Gasteiger partial charge is 0.510 e. The average molecular weight is 366 g/mol. The maximum Gasteiger partial charge on any atom is 0.322 e. The molecule has 1 aliphatic carbocycles. The molecule has 1 heterocycles. The summed E-state index contributed by atoms with van der Waals surface area (Å²) >= 11 is 6.20. The number of carboxylic acids is 1. The van der Waals surface area contributed by atoms with Gasteiger partial charge in [0.1, 0.15) is 17.9 Å². The third kappa shape index (κ3) is 2.79. The summed E-state index contributed by atoms with van der Waals surface area (Å²) in [6, 6.07) is 4.95. The highest BCUT2D eigenvalue weighted by atomic mass is 35.5. The zero-order valence-corrected chi connectivity index (χ0v) is 13.9. The van der Waals surface area contributed by atoms with Crippen molar-refractivity contribution in [3.05, 3.63) is 45.7 Å². The lowest BCUT2D eigenvalue weighted by molar-refractivity contribution is -0.137. The number of carbonyl (C=O) groups is 3. The lowest BCUT2D eigenvalue weighted by Crippen LogP contribution is -2.44. The van der Waals surface area contributed by atoms with Crippen LogP contribution in [0.5, 0.6) is 0 Å². The zero-order chi connectivity index (χ0) is 18.2. The Bertz CT molecular complexity index is 794. The van der Waals surface area contributed by atoms with Gasteiger partial charge in [-0.15, -0.1) is 0 Å². The van der Waals surface area contributed by atoms with Crippen molar-refractivity contribution < 1.29 is 29.3 Å². The number of amides is 1. The van der Waals surface area contributed by atoms with Crippen molar-refractivity contribution >= 4 is 29.3 Å². The van der Waals surface area contributed by atoms with Crippen LogP contribution in [-0.2, 0) is 19.7 Å². The van der Waals surface area contributed by atoms with Crippen molar-refractivity contribution in [2.75, 3.05) is 19.8 Å². The second kappa shape index (κ2) is 6.50. The van der Waals surface area contributed by atoms with E-state index in [4.69, 9.17) is 21.4 Å². The Morgan fingerprint density at radius 3 is 2.60 bits per heavy atom. The number of allylic oxidation sites excluding steroid dienone is 1. The van der Waals surface area contributed by atoms with Gasteiger partial charge in [-0.25, -0.2) is 0 Å². The fourth-order valence-corrected chi connectivity index (χ4v) is 3.69. The maximum absolute atomic E-state index is 12.8. The van der Waals surface area contributed by atoms with Crippen molar-refractivity contribution in [1.82, 2.24) is 5.32 Å². The van der Waals surface area contributed by atoms with Gasteiger partial charge in [-0.3, -0.25) is 14.4 Å². The number of aliphatic hydroxyl groups is 1. The number of ether oxygens (including phenoxy) is 1. The molecule has 0 atom stereocenters. The lowest BCUT2D eigenvalue weighted by atomic mass is 9.65. The van der Waals surface area contributed by atoms with Gasteiger partial charge in [-0.05, 0) is 24.5 Å². The van der Waals surface area contributed by atoms with Crippen molar-refractivity contribution in [2.24, 2.45) is 0 Å². The zero-order valence-electron chi connectivity index (χ0n) is 13.2. The first kappa shape index (κ1) is 17.4. The van der Waals surface area contributed by atoms with E-state index in [0.717, 1.165) is 0 Å². The number of benzene rings is 1. The van der Waals surface area contributed by atoms with Crippen LogP contribution in [0.3, 0.4) is 0 Å². The quantitative estimate of drug-likeness (QED) is 0.701. The molecule has 25 heavy (non-hydrogen) atoms. The minimum atomic E-state index is -1.25. The number of Topliss-reactive ketones (excluding diaryl/α,β-unsaturated/α-hetero) is 1. The van der Waals surface area contributed by atoms with Crippen LogP contribution >= 0.6 is 11.6 Å². The first-order valence-electron chi connectivity index (χ1n) is 7.73. The summed E-state index contributed by atoms with van der Waals surface area (Å²) in [4.78, 5) is 35.9. The SMILES string of the molecule is O=C(O)CNC(=O)C1=C(O)C2(CCOCC2)c2cccc(Cl)c2C1=O. The third-order valence-electron chi connectivity index (χ3n) is 4.65. The molecule has 7 nitrogen and oxygen atoms in total. The van der Waals surface area contributed by atoms with Crippen LogP contribution in [0.1, 0.15) is 28.8 Å². The smallest absolute Gasteiger partial charge is 0.322 e. The van der Waals surface area contributed by atoms with Crippen LogP contribution in [0.2, 0.25) is 5.02 Å². The summed E-state index contributed by atoms with van der Waals surface area (Å²) < 4.78 is 5.36. The summed E-state index contributed by atoms with van der Waals surface area (Å²) in [6.07, 6.45) is 0.768. The number of nitrogens with one attached hydrogen (secondary N) is 1. The van der Waals surface area contributed by atoms with Gasteiger partial charge in [-0.1, -0.05) is 23.7 Å². The van der Waals surface area contributed by atoms with Gasteiger partial charge >= 0.3 is 5.97 Å². The van der Waals surface area contributed by atoms with Crippen LogP contribution in [0.15, 0.2) is 29.5 Å². The molecule has 0 aromatic heterocycles. The van der Waals surface area contributed by atoms with E-state index in [1.165, 1.54) is 0 Å². The number of hydrogen-bond donors (Lipinski definition) is 3. The summed E-state index contributed by atoms with van der Waals surface area (Å²) in [7, 11) is 0. The molecule has 1 spiro atoms. The molecular weight excluding hydrogens is 350 g/mol. The molecule has 0 bridgehead atoms. The number of halogens is 1. The highest BCUT2D eigenvalue weighted by molar-refractivity contribution is 6.38. The van der Waals surface area contributed by atoms with Crippen molar-refractivity contribution in [2.45, 2.75) is 18.3 Å². The molecule has 1 aromatic carbocycles.